The highest BCUT2D eigenvalue weighted by atomic mass is 35.5. The molecule has 0 saturated carbocycles. The molecule has 0 saturated heterocycles. The molecule has 0 amide bonds. The number of hydrogen-bond acceptors (Lipinski definition) is 2. The molecule has 0 aliphatic heterocycles. The van der Waals surface area contributed by atoms with E-state index in [2.05, 4.69) is 19.9 Å². The summed E-state index contributed by atoms with van der Waals surface area (Å²) in [5, 5.41) is 0.791. The van der Waals surface area contributed by atoms with E-state index in [-0.39, 0.29) is 12.1 Å². The van der Waals surface area contributed by atoms with Gasteiger partial charge in [0.25, 0.3) is 0 Å². The van der Waals surface area contributed by atoms with Crippen LogP contribution in [0.15, 0.2) is 18.2 Å². The minimum atomic E-state index is -0.0276. The summed E-state index contributed by atoms with van der Waals surface area (Å²) in [4.78, 5) is 0. The van der Waals surface area contributed by atoms with E-state index >= 15 is 0 Å². The number of aryl methyl sites for hydroxylation is 1. The standard InChI is InChI=1S/C14H22ClNO/c1-9(2)14(17-4)13(16)8-11-6-5-10(3)7-12(11)15/h5-7,9,13-14H,8,16H2,1-4H3. The minimum absolute atomic E-state index is 0.0276. The van der Waals surface area contributed by atoms with Crippen molar-refractivity contribution in [3.8, 4) is 0 Å². The maximum absolute atomic E-state index is 6.20. The Morgan fingerprint density at radius 1 is 1.35 bits per heavy atom. The highest BCUT2D eigenvalue weighted by molar-refractivity contribution is 6.31. The molecule has 1 rings (SSSR count). The molecule has 0 aromatic heterocycles. The lowest BCUT2D eigenvalue weighted by atomic mass is 9.94. The lowest BCUT2D eigenvalue weighted by Gasteiger charge is -2.26. The average molecular weight is 256 g/mol. The molecule has 2 N–H and O–H groups in total. The van der Waals surface area contributed by atoms with E-state index in [4.69, 9.17) is 22.1 Å². The van der Waals surface area contributed by atoms with E-state index < -0.39 is 0 Å². The van der Waals surface area contributed by atoms with Crippen LogP contribution < -0.4 is 5.73 Å². The zero-order valence-corrected chi connectivity index (χ0v) is 11.8. The van der Waals surface area contributed by atoms with Crippen molar-refractivity contribution in [1.82, 2.24) is 0 Å². The molecule has 1 aromatic carbocycles. The lowest BCUT2D eigenvalue weighted by molar-refractivity contribution is 0.0441. The van der Waals surface area contributed by atoms with E-state index in [0.717, 1.165) is 17.0 Å². The number of nitrogens with two attached hydrogens (primary N) is 1. The van der Waals surface area contributed by atoms with Gasteiger partial charge in [0, 0.05) is 18.2 Å². The third-order valence-corrected chi connectivity index (χ3v) is 3.37. The molecule has 3 heteroatoms. The first kappa shape index (κ1) is 14.5. The second kappa shape index (κ2) is 6.39. The van der Waals surface area contributed by atoms with Crippen LogP contribution in [0.1, 0.15) is 25.0 Å². The van der Waals surface area contributed by atoms with Gasteiger partial charge in [0.15, 0.2) is 0 Å². The molecule has 2 unspecified atom stereocenters. The van der Waals surface area contributed by atoms with Crippen molar-refractivity contribution in [3.05, 3.63) is 34.3 Å². The topological polar surface area (TPSA) is 35.2 Å². The maximum Gasteiger partial charge on any atom is 0.0748 e. The van der Waals surface area contributed by atoms with Crippen LogP contribution in [0.25, 0.3) is 0 Å². The van der Waals surface area contributed by atoms with Crippen LogP contribution in [-0.4, -0.2) is 19.3 Å². The van der Waals surface area contributed by atoms with Gasteiger partial charge < -0.3 is 10.5 Å². The summed E-state index contributed by atoms with van der Waals surface area (Å²) in [5.74, 6) is 0.402. The predicted molar refractivity (Wildman–Crippen MR) is 73.5 cm³/mol. The Bertz CT molecular complexity index is 365. The van der Waals surface area contributed by atoms with Crippen LogP contribution >= 0.6 is 11.6 Å². The number of rotatable bonds is 5. The van der Waals surface area contributed by atoms with Crippen LogP contribution in [0.4, 0.5) is 0 Å². The van der Waals surface area contributed by atoms with Crippen LogP contribution in [0.5, 0.6) is 0 Å². The van der Waals surface area contributed by atoms with Gasteiger partial charge in [-0.25, -0.2) is 0 Å². The highest BCUT2D eigenvalue weighted by Gasteiger charge is 2.21. The Hall–Kier alpha value is -0.570. The normalized spacial score (nSPS) is 15.0. The van der Waals surface area contributed by atoms with E-state index in [1.54, 1.807) is 7.11 Å². The molecule has 0 heterocycles. The van der Waals surface area contributed by atoms with Crippen molar-refractivity contribution >= 4 is 11.6 Å². The Balaban J connectivity index is 2.76. The summed E-state index contributed by atoms with van der Waals surface area (Å²) < 4.78 is 5.44. The quantitative estimate of drug-likeness (QED) is 0.877. The highest BCUT2D eigenvalue weighted by Crippen LogP contribution is 2.21. The van der Waals surface area contributed by atoms with Crippen molar-refractivity contribution in [1.29, 1.82) is 0 Å². The van der Waals surface area contributed by atoms with Gasteiger partial charge in [-0.3, -0.25) is 0 Å². The van der Waals surface area contributed by atoms with Crippen molar-refractivity contribution in [2.45, 2.75) is 39.3 Å². The van der Waals surface area contributed by atoms with Crippen molar-refractivity contribution in [3.63, 3.8) is 0 Å². The van der Waals surface area contributed by atoms with Crippen molar-refractivity contribution in [2.75, 3.05) is 7.11 Å². The molecular weight excluding hydrogens is 234 g/mol. The maximum atomic E-state index is 6.20. The molecule has 2 nitrogen and oxygen atoms in total. The van der Waals surface area contributed by atoms with Gasteiger partial charge >= 0.3 is 0 Å². The minimum Gasteiger partial charge on any atom is -0.380 e. The van der Waals surface area contributed by atoms with Crippen LogP contribution in [0, 0.1) is 12.8 Å². The summed E-state index contributed by atoms with van der Waals surface area (Å²) >= 11 is 6.20. The van der Waals surface area contributed by atoms with E-state index in [1.807, 2.05) is 19.1 Å². The first-order chi connectivity index (χ1) is 7.95. The Kier molecular flexibility index (Phi) is 5.44. The Morgan fingerprint density at radius 3 is 2.47 bits per heavy atom. The smallest absolute Gasteiger partial charge is 0.0748 e. The fourth-order valence-electron chi connectivity index (χ4n) is 2.13. The Morgan fingerprint density at radius 2 is 2.00 bits per heavy atom. The Labute approximate surface area is 109 Å². The molecule has 2 atom stereocenters. The van der Waals surface area contributed by atoms with E-state index in [1.165, 1.54) is 5.56 Å². The van der Waals surface area contributed by atoms with E-state index in [9.17, 15) is 0 Å². The number of benzene rings is 1. The number of halogens is 1. The first-order valence-electron chi connectivity index (χ1n) is 5.99. The first-order valence-corrected chi connectivity index (χ1v) is 6.37. The molecule has 17 heavy (non-hydrogen) atoms. The fourth-order valence-corrected chi connectivity index (χ4v) is 2.44. The molecule has 0 spiro atoms. The van der Waals surface area contributed by atoms with Crippen molar-refractivity contribution in [2.24, 2.45) is 11.7 Å². The second-order valence-electron chi connectivity index (χ2n) is 4.91. The van der Waals surface area contributed by atoms with Gasteiger partial charge in [-0.15, -0.1) is 0 Å². The van der Waals surface area contributed by atoms with Gasteiger partial charge in [-0.05, 0) is 36.5 Å². The molecule has 96 valence electrons. The summed E-state index contributed by atoms with van der Waals surface area (Å²) in [5.41, 5.74) is 8.44. The van der Waals surface area contributed by atoms with Gasteiger partial charge in [-0.2, -0.15) is 0 Å². The van der Waals surface area contributed by atoms with Gasteiger partial charge in [-0.1, -0.05) is 37.6 Å². The number of hydrogen-bond donors (Lipinski definition) is 1. The van der Waals surface area contributed by atoms with Gasteiger partial charge in [0.2, 0.25) is 0 Å². The lowest BCUT2D eigenvalue weighted by Crippen LogP contribution is -2.41. The summed E-state index contributed by atoms with van der Waals surface area (Å²) in [6, 6.07) is 6.05. The van der Waals surface area contributed by atoms with E-state index in [0.29, 0.717) is 5.92 Å². The zero-order chi connectivity index (χ0) is 13.0. The van der Waals surface area contributed by atoms with Gasteiger partial charge in [0.1, 0.15) is 0 Å². The molecule has 0 aliphatic rings. The SMILES string of the molecule is COC(C(C)C)C(N)Cc1ccc(C)cc1Cl. The van der Waals surface area contributed by atoms with Gasteiger partial charge in [0.05, 0.1) is 6.10 Å². The average Bonchev–Trinajstić information content (AvgIpc) is 2.22. The molecule has 0 bridgehead atoms. The molecule has 0 aliphatic carbocycles. The van der Waals surface area contributed by atoms with Crippen molar-refractivity contribution < 1.29 is 4.74 Å². The largest absolute Gasteiger partial charge is 0.380 e. The summed E-state index contributed by atoms with van der Waals surface area (Å²) in [6.07, 6.45) is 0.808. The molecule has 0 fully saturated rings. The van der Waals surface area contributed by atoms with Crippen LogP contribution in [0.3, 0.4) is 0 Å². The molecular formula is C14H22ClNO. The van der Waals surface area contributed by atoms with Crippen LogP contribution in [-0.2, 0) is 11.2 Å². The zero-order valence-electron chi connectivity index (χ0n) is 11.0. The molecule has 1 aromatic rings. The fraction of sp³-hybridized carbons (Fsp3) is 0.571. The van der Waals surface area contributed by atoms with Crippen LogP contribution in [0.2, 0.25) is 5.02 Å². The number of ether oxygens (including phenoxy) is 1. The summed E-state index contributed by atoms with van der Waals surface area (Å²) in [7, 11) is 1.71. The predicted octanol–water partition coefficient (Wildman–Crippen LogP) is 3.19. The summed E-state index contributed by atoms with van der Waals surface area (Å²) in [6.45, 7) is 6.26. The number of methoxy groups -OCH3 is 1. The second-order valence-corrected chi connectivity index (χ2v) is 5.31. The third-order valence-electron chi connectivity index (χ3n) is 3.02. The third kappa shape index (κ3) is 3.98. The molecule has 0 radical (unpaired) electrons. The monoisotopic (exact) mass is 255 g/mol.